The van der Waals surface area contributed by atoms with Crippen LogP contribution in [0.4, 0.5) is 5.69 Å². The zero-order chi connectivity index (χ0) is 17.8. The Kier molecular flexibility index (Phi) is 5.48. The second-order valence-electron chi connectivity index (χ2n) is 6.39. The predicted octanol–water partition coefficient (Wildman–Crippen LogP) is 4.09. The molecule has 1 aliphatic heterocycles. The van der Waals surface area contributed by atoms with Gasteiger partial charge in [-0.15, -0.1) is 11.3 Å². The fourth-order valence-electron chi connectivity index (χ4n) is 3.08. The number of aryl methyl sites for hydroxylation is 1. The quantitative estimate of drug-likeness (QED) is 0.900. The summed E-state index contributed by atoms with van der Waals surface area (Å²) in [6, 6.07) is 7.56. The van der Waals surface area contributed by atoms with Crippen LogP contribution in [0, 0.1) is 6.92 Å². The largest absolute Gasteiger partial charge is 0.337 e. The van der Waals surface area contributed by atoms with Crippen LogP contribution in [0.3, 0.4) is 0 Å². The van der Waals surface area contributed by atoms with Crippen molar-refractivity contribution >= 4 is 28.8 Å². The Balaban J connectivity index is 1.84. The van der Waals surface area contributed by atoms with Crippen molar-refractivity contribution < 1.29 is 9.59 Å². The van der Waals surface area contributed by atoms with Gasteiger partial charge in [0.25, 0.3) is 5.91 Å². The van der Waals surface area contributed by atoms with Crippen LogP contribution < -0.4 is 5.32 Å². The Morgan fingerprint density at radius 1 is 1.16 bits per heavy atom. The molecule has 25 heavy (non-hydrogen) atoms. The molecular weight excluding hydrogens is 334 g/mol. The minimum absolute atomic E-state index is 0.0416. The molecule has 0 atom stereocenters. The van der Waals surface area contributed by atoms with Gasteiger partial charge in [-0.3, -0.25) is 9.59 Å². The second-order valence-corrected chi connectivity index (χ2v) is 7.60. The molecule has 0 spiro atoms. The molecule has 1 fully saturated rings. The van der Waals surface area contributed by atoms with Crippen LogP contribution >= 0.6 is 11.3 Å². The van der Waals surface area contributed by atoms with Gasteiger partial charge in [0.1, 0.15) is 10.7 Å². The van der Waals surface area contributed by atoms with Crippen LogP contribution in [0.1, 0.15) is 48.0 Å². The number of amides is 2. The maximum absolute atomic E-state index is 12.8. The lowest BCUT2D eigenvalue weighted by molar-refractivity contribution is -0.114. The Labute approximate surface area is 152 Å². The van der Waals surface area contributed by atoms with Crippen molar-refractivity contribution in [2.75, 3.05) is 18.4 Å². The van der Waals surface area contributed by atoms with Crippen LogP contribution in [0.15, 0.2) is 24.3 Å². The molecule has 1 aromatic carbocycles. The smallest absolute Gasteiger partial charge is 0.273 e. The molecule has 6 heteroatoms. The normalized spacial score (nSPS) is 14.9. The van der Waals surface area contributed by atoms with Gasteiger partial charge in [0.2, 0.25) is 5.91 Å². The number of hydrogen-bond acceptors (Lipinski definition) is 4. The topological polar surface area (TPSA) is 62.3 Å². The molecule has 1 aliphatic rings. The average Bonchev–Trinajstić information content (AvgIpc) is 2.80. The van der Waals surface area contributed by atoms with Crippen LogP contribution in [0.5, 0.6) is 0 Å². The first-order chi connectivity index (χ1) is 12.0. The van der Waals surface area contributed by atoms with Crippen molar-refractivity contribution in [3.8, 4) is 10.6 Å². The van der Waals surface area contributed by atoms with Gasteiger partial charge in [0.15, 0.2) is 0 Å². The first kappa shape index (κ1) is 17.6. The molecule has 132 valence electrons. The number of carbonyl (C=O) groups excluding carboxylic acids is 2. The minimum Gasteiger partial charge on any atom is -0.337 e. The minimum atomic E-state index is -0.107. The fourth-order valence-corrected chi connectivity index (χ4v) is 3.98. The second kappa shape index (κ2) is 7.78. The highest BCUT2D eigenvalue weighted by molar-refractivity contribution is 7.15. The van der Waals surface area contributed by atoms with E-state index in [0.29, 0.717) is 5.69 Å². The van der Waals surface area contributed by atoms with E-state index in [2.05, 4.69) is 10.3 Å². The van der Waals surface area contributed by atoms with Gasteiger partial charge in [-0.05, 0) is 31.9 Å². The number of carbonyl (C=O) groups is 2. The highest BCUT2D eigenvalue weighted by Gasteiger charge is 2.22. The lowest BCUT2D eigenvalue weighted by Gasteiger charge is -2.19. The van der Waals surface area contributed by atoms with Gasteiger partial charge in [-0.2, -0.15) is 0 Å². The molecule has 1 aromatic heterocycles. The number of aromatic nitrogens is 1. The van der Waals surface area contributed by atoms with Gasteiger partial charge in [-0.1, -0.05) is 25.0 Å². The van der Waals surface area contributed by atoms with Crippen LogP contribution in [0.25, 0.3) is 10.6 Å². The first-order valence-electron chi connectivity index (χ1n) is 8.69. The molecule has 0 unspecified atom stereocenters. The van der Waals surface area contributed by atoms with E-state index in [1.165, 1.54) is 31.1 Å². The van der Waals surface area contributed by atoms with E-state index in [0.717, 1.165) is 47.1 Å². The van der Waals surface area contributed by atoms with Crippen molar-refractivity contribution in [3.63, 3.8) is 0 Å². The molecule has 5 nitrogen and oxygen atoms in total. The molecule has 3 rings (SSSR count). The van der Waals surface area contributed by atoms with Gasteiger partial charge < -0.3 is 10.2 Å². The van der Waals surface area contributed by atoms with E-state index in [9.17, 15) is 9.59 Å². The van der Waals surface area contributed by atoms with E-state index in [-0.39, 0.29) is 11.8 Å². The van der Waals surface area contributed by atoms with Crippen LogP contribution in [-0.4, -0.2) is 34.8 Å². The summed E-state index contributed by atoms with van der Waals surface area (Å²) in [5.41, 5.74) is 2.21. The summed E-state index contributed by atoms with van der Waals surface area (Å²) < 4.78 is 0. The van der Waals surface area contributed by atoms with E-state index in [4.69, 9.17) is 0 Å². The standard InChI is InChI=1S/C19H23N3O2S/c1-13-17(19(24)22-10-5-3-4-6-11-22)21-18(25-13)15-8-7-9-16(12-15)20-14(2)23/h7-9,12H,3-6,10-11H2,1-2H3,(H,20,23). The number of thiazole rings is 1. The van der Waals surface area contributed by atoms with Gasteiger partial charge in [0.05, 0.1) is 0 Å². The van der Waals surface area contributed by atoms with Crippen molar-refractivity contribution in [3.05, 3.63) is 34.8 Å². The molecule has 0 radical (unpaired) electrons. The van der Waals surface area contributed by atoms with Crippen LogP contribution in [0.2, 0.25) is 0 Å². The predicted molar refractivity (Wildman–Crippen MR) is 101 cm³/mol. The first-order valence-corrected chi connectivity index (χ1v) is 9.51. The van der Waals surface area contributed by atoms with E-state index in [1.807, 2.05) is 36.1 Å². The third kappa shape index (κ3) is 4.25. The summed E-state index contributed by atoms with van der Waals surface area (Å²) in [6.45, 7) is 5.08. The fraction of sp³-hybridized carbons (Fsp3) is 0.421. The van der Waals surface area contributed by atoms with Gasteiger partial charge >= 0.3 is 0 Å². The monoisotopic (exact) mass is 357 g/mol. The Morgan fingerprint density at radius 3 is 2.56 bits per heavy atom. The van der Waals surface area contributed by atoms with Crippen molar-refractivity contribution in [1.29, 1.82) is 0 Å². The number of rotatable bonds is 3. The highest BCUT2D eigenvalue weighted by atomic mass is 32.1. The molecule has 2 aromatic rings. The summed E-state index contributed by atoms with van der Waals surface area (Å²) in [5, 5.41) is 3.59. The number of likely N-dealkylation sites (tertiary alicyclic amines) is 1. The van der Waals surface area contributed by atoms with E-state index in [1.54, 1.807) is 0 Å². The van der Waals surface area contributed by atoms with Crippen LogP contribution in [-0.2, 0) is 4.79 Å². The van der Waals surface area contributed by atoms with Crippen molar-refractivity contribution in [2.45, 2.75) is 39.5 Å². The molecule has 2 heterocycles. The maximum Gasteiger partial charge on any atom is 0.273 e. The van der Waals surface area contributed by atoms with E-state index >= 15 is 0 Å². The van der Waals surface area contributed by atoms with Crippen molar-refractivity contribution in [2.24, 2.45) is 0 Å². The summed E-state index contributed by atoms with van der Waals surface area (Å²) in [6.07, 6.45) is 4.53. The molecular formula is C19H23N3O2S. The third-order valence-corrected chi connectivity index (χ3v) is 5.34. The average molecular weight is 357 g/mol. The molecule has 1 N–H and O–H groups in total. The highest BCUT2D eigenvalue weighted by Crippen LogP contribution is 2.30. The number of nitrogens with one attached hydrogen (secondary N) is 1. The number of anilines is 1. The number of benzene rings is 1. The summed E-state index contributed by atoms with van der Waals surface area (Å²) >= 11 is 1.52. The summed E-state index contributed by atoms with van der Waals surface area (Å²) in [7, 11) is 0. The van der Waals surface area contributed by atoms with Gasteiger partial charge in [-0.25, -0.2) is 4.98 Å². The number of nitrogens with zero attached hydrogens (tertiary/aromatic N) is 2. The maximum atomic E-state index is 12.8. The Morgan fingerprint density at radius 2 is 1.88 bits per heavy atom. The molecule has 0 aliphatic carbocycles. The number of hydrogen-bond donors (Lipinski definition) is 1. The Hall–Kier alpha value is -2.21. The molecule has 0 bridgehead atoms. The molecule has 0 saturated carbocycles. The summed E-state index contributed by atoms with van der Waals surface area (Å²) in [5.74, 6) is -0.0654. The zero-order valence-electron chi connectivity index (χ0n) is 14.7. The van der Waals surface area contributed by atoms with E-state index < -0.39 is 0 Å². The van der Waals surface area contributed by atoms with Gasteiger partial charge in [0, 0.05) is 36.1 Å². The molecule has 1 saturated heterocycles. The summed E-state index contributed by atoms with van der Waals surface area (Å²) in [4.78, 5) is 31.6. The lowest BCUT2D eigenvalue weighted by atomic mass is 10.2. The van der Waals surface area contributed by atoms with Crippen molar-refractivity contribution in [1.82, 2.24) is 9.88 Å². The zero-order valence-corrected chi connectivity index (χ0v) is 15.5. The third-order valence-electron chi connectivity index (χ3n) is 4.32. The SMILES string of the molecule is CC(=O)Nc1cccc(-c2nc(C(=O)N3CCCCCC3)c(C)s2)c1. The Bertz CT molecular complexity index is 777. The molecule has 2 amide bonds. The lowest BCUT2D eigenvalue weighted by Crippen LogP contribution is -2.32.